The van der Waals surface area contributed by atoms with Crippen molar-refractivity contribution >= 4 is 17.7 Å². The van der Waals surface area contributed by atoms with E-state index in [2.05, 4.69) is 38.0 Å². The van der Waals surface area contributed by atoms with Gasteiger partial charge >= 0.3 is 0 Å². The molecule has 33 heavy (non-hydrogen) atoms. The van der Waals surface area contributed by atoms with Gasteiger partial charge in [0.05, 0.1) is 7.11 Å². The predicted molar refractivity (Wildman–Crippen MR) is 130 cm³/mol. The lowest BCUT2D eigenvalue weighted by atomic mass is 9.81. The van der Waals surface area contributed by atoms with Gasteiger partial charge in [0.2, 0.25) is 17.7 Å². The Morgan fingerprint density at radius 1 is 1.12 bits per heavy atom. The van der Waals surface area contributed by atoms with Gasteiger partial charge in [0.1, 0.15) is 12.7 Å². The van der Waals surface area contributed by atoms with Crippen LogP contribution in [0.4, 0.5) is 0 Å². The molecule has 0 atom stereocenters. The van der Waals surface area contributed by atoms with Crippen LogP contribution in [-0.2, 0) is 11.3 Å². The highest BCUT2D eigenvalue weighted by Crippen LogP contribution is 2.39. The second kappa shape index (κ2) is 8.63. The van der Waals surface area contributed by atoms with Crippen LogP contribution in [0.5, 0.6) is 11.8 Å². The first kappa shape index (κ1) is 23.0. The van der Waals surface area contributed by atoms with Crippen LogP contribution >= 0.6 is 0 Å². The summed E-state index contributed by atoms with van der Waals surface area (Å²) < 4.78 is 17.2. The topological polar surface area (TPSA) is 100 Å². The number of ether oxygens (including phenoxy) is 3. The zero-order chi connectivity index (χ0) is 23.8. The van der Waals surface area contributed by atoms with Gasteiger partial charge in [-0.05, 0) is 56.5 Å². The van der Waals surface area contributed by atoms with Gasteiger partial charge < -0.3 is 24.9 Å². The number of nitrogens with zero attached hydrogens (tertiary/aromatic N) is 1. The van der Waals surface area contributed by atoms with E-state index in [1.54, 1.807) is 0 Å². The summed E-state index contributed by atoms with van der Waals surface area (Å²) in [7, 11) is 1.44. The lowest BCUT2D eigenvalue weighted by Gasteiger charge is -2.46. The molecule has 7 nitrogen and oxygen atoms in total. The van der Waals surface area contributed by atoms with Gasteiger partial charge in [-0.2, -0.15) is 4.98 Å². The third-order valence-corrected chi connectivity index (χ3v) is 6.03. The van der Waals surface area contributed by atoms with Gasteiger partial charge in [-0.1, -0.05) is 12.1 Å². The molecule has 3 N–H and O–H groups in total. The second-order valence-electron chi connectivity index (χ2n) is 10.0. The molecule has 0 aliphatic carbocycles. The Morgan fingerprint density at radius 3 is 2.48 bits per heavy atom. The molecule has 0 unspecified atom stereocenters. The third kappa shape index (κ3) is 5.09. The first-order chi connectivity index (χ1) is 15.6. The molecule has 3 heterocycles. The van der Waals surface area contributed by atoms with Crippen molar-refractivity contribution in [1.29, 1.82) is 10.8 Å². The molecule has 0 saturated carbocycles. The predicted octanol–water partition coefficient (Wildman–Crippen LogP) is 4.99. The molecule has 1 fully saturated rings. The molecule has 4 rings (SSSR count). The minimum Gasteiger partial charge on any atom is -0.481 e. The minimum absolute atomic E-state index is 0.000704. The van der Waals surface area contributed by atoms with Crippen LogP contribution in [0.1, 0.15) is 51.7 Å². The monoisotopic (exact) mass is 448 g/mol. The fourth-order valence-electron chi connectivity index (χ4n) is 5.00. The molecule has 0 bridgehead atoms. The van der Waals surface area contributed by atoms with Gasteiger partial charge in [-0.3, -0.25) is 5.41 Å². The number of fused-ring (bicyclic) bond motifs is 3. The molecule has 174 valence electrons. The third-order valence-electron chi connectivity index (χ3n) is 6.03. The van der Waals surface area contributed by atoms with Crippen molar-refractivity contribution < 1.29 is 14.2 Å². The summed E-state index contributed by atoms with van der Waals surface area (Å²) in [6.07, 6.45) is 4.65. The van der Waals surface area contributed by atoms with E-state index < -0.39 is 0 Å². The largest absolute Gasteiger partial charge is 0.481 e. The maximum atomic E-state index is 7.71. The minimum atomic E-state index is -0.000704. The van der Waals surface area contributed by atoms with Gasteiger partial charge in [0.25, 0.3) is 0 Å². The number of pyridine rings is 1. The average molecular weight is 449 g/mol. The molecule has 2 aliphatic rings. The first-order valence-corrected chi connectivity index (χ1v) is 11.2. The van der Waals surface area contributed by atoms with E-state index in [-0.39, 0.29) is 23.1 Å². The molecule has 1 aromatic heterocycles. The zero-order valence-electron chi connectivity index (χ0n) is 19.9. The highest BCUT2D eigenvalue weighted by Gasteiger charge is 2.39. The van der Waals surface area contributed by atoms with Crippen LogP contribution < -0.4 is 14.8 Å². The summed E-state index contributed by atoms with van der Waals surface area (Å²) in [6.45, 7) is 9.20. The Morgan fingerprint density at radius 2 is 1.82 bits per heavy atom. The summed E-state index contributed by atoms with van der Waals surface area (Å²) in [5.74, 6) is 1.16. The normalized spacial score (nSPS) is 19.0. The highest BCUT2D eigenvalue weighted by atomic mass is 16.5. The molecule has 7 heteroatoms. The SMILES string of the molecule is COC(=N)/C=C(\C=N)c1ccc2c(c1)COc1nc(OC3CC(C)(C)NC(C)(C)C3)ccc1-2. The van der Waals surface area contributed by atoms with Crippen molar-refractivity contribution in [2.24, 2.45) is 0 Å². The average Bonchev–Trinajstić information content (AvgIpc) is 2.74. The molecule has 0 amide bonds. The van der Waals surface area contributed by atoms with Gasteiger partial charge in [0, 0.05) is 53.4 Å². The molecule has 1 saturated heterocycles. The Balaban J connectivity index is 1.57. The van der Waals surface area contributed by atoms with Gasteiger partial charge in [0.15, 0.2) is 0 Å². The van der Waals surface area contributed by atoms with E-state index >= 15 is 0 Å². The zero-order valence-corrected chi connectivity index (χ0v) is 19.9. The molecule has 0 radical (unpaired) electrons. The highest BCUT2D eigenvalue weighted by molar-refractivity contribution is 6.14. The summed E-state index contributed by atoms with van der Waals surface area (Å²) in [5, 5.41) is 19.1. The van der Waals surface area contributed by atoms with Crippen molar-refractivity contribution in [3.8, 4) is 22.9 Å². The lowest BCUT2D eigenvalue weighted by molar-refractivity contribution is 0.0525. The van der Waals surface area contributed by atoms with Crippen LogP contribution in [0.25, 0.3) is 16.7 Å². The van der Waals surface area contributed by atoms with Crippen LogP contribution in [0, 0.1) is 10.8 Å². The van der Waals surface area contributed by atoms with E-state index in [9.17, 15) is 0 Å². The van der Waals surface area contributed by atoms with Crippen LogP contribution in [0.2, 0.25) is 0 Å². The van der Waals surface area contributed by atoms with E-state index in [4.69, 9.17) is 25.0 Å². The number of rotatable bonds is 5. The van der Waals surface area contributed by atoms with Crippen molar-refractivity contribution in [3.63, 3.8) is 0 Å². The number of hydrogen-bond acceptors (Lipinski definition) is 7. The number of hydrogen-bond donors (Lipinski definition) is 3. The van der Waals surface area contributed by atoms with Crippen molar-refractivity contribution in [2.45, 2.75) is 64.3 Å². The standard InChI is InChI=1S/C26H32N4O3/c1-25(2)12-19(13-26(3,4)30-25)33-23-9-8-21-20-7-6-16(17(14-27)11-22(28)31-5)10-18(20)15-32-24(21)29-23/h6-11,14,19,27-28,30H,12-13,15H2,1-5H3/b17-11+,27-14?,28-22?. The number of nitrogens with one attached hydrogen (secondary N) is 3. The van der Waals surface area contributed by atoms with E-state index in [1.807, 2.05) is 30.3 Å². The lowest BCUT2D eigenvalue weighted by Crippen LogP contribution is -2.60. The second-order valence-corrected chi connectivity index (χ2v) is 10.0. The van der Waals surface area contributed by atoms with Crippen LogP contribution in [-0.4, -0.2) is 41.4 Å². The molecule has 2 aliphatic heterocycles. The molecular formula is C26H32N4O3. The Bertz CT molecular complexity index is 1100. The van der Waals surface area contributed by atoms with Crippen LogP contribution in [0.15, 0.2) is 36.4 Å². The fourth-order valence-corrected chi connectivity index (χ4v) is 5.00. The number of aromatic nitrogens is 1. The quantitative estimate of drug-likeness (QED) is 0.442. The van der Waals surface area contributed by atoms with Crippen LogP contribution in [0.3, 0.4) is 0 Å². The number of allylic oxidation sites excluding steroid dienone is 1. The maximum Gasteiger partial charge on any atom is 0.225 e. The summed E-state index contributed by atoms with van der Waals surface area (Å²) in [5.41, 5.74) is 4.42. The van der Waals surface area contributed by atoms with Gasteiger partial charge in [-0.25, -0.2) is 0 Å². The van der Waals surface area contributed by atoms with Crippen molar-refractivity contribution in [2.75, 3.05) is 7.11 Å². The molecular weight excluding hydrogens is 416 g/mol. The Labute approximate surface area is 195 Å². The Kier molecular flexibility index (Phi) is 6.01. The van der Waals surface area contributed by atoms with E-state index in [1.165, 1.54) is 19.4 Å². The van der Waals surface area contributed by atoms with E-state index in [0.717, 1.165) is 35.1 Å². The summed E-state index contributed by atoms with van der Waals surface area (Å²) >= 11 is 0. The number of methoxy groups -OCH3 is 1. The van der Waals surface area contributed by atoms with E-state index in [0.29, 0.717) is 23.9 Å². The van der Waals surface area contributed by atoms with Crippen molar-refractivity contribution in [3.05, 3.63) is 47.5 Å². The molecule has 1 aromatic carbocycles. The molecule has 2 aromatic rings. The summed E-state index contributed by atoms with van der Waals surface area (Å²) in [6, 6.07) is 9.86. The van der Waals surface area contributed by atoms with Gasteiger partial charge in [-0.15, -0.1) is 0 Å². The summed E-state index contributed by atoms with van der Waals surface area (Å²) in [4.78, 5) is 4.67. The first-order valence-electron chi connectivity index (χ1n) is 11.2. The Hall–Kier alpha value is -3.19. The van der Waals surface area contributed by atoms with Crippen molar-refractivity contribution in [1.82, 2.24) is 10.3 Å². The number of benzene rings is 1. The smallest absolute Gasteiger partial charge is 0.225 e. The molecule has 0 spiro atoms. The fraction of sp³-hybridized carbons (Fsp3) is 0.423. The maximum absolute atomic E-state index is 7.71. The number of piperidine rings is 1.